The molecule has 0 bridgehead atoms. The molecule has 7 aromatic rings. The molecule has 0 spiro atoms. The third kappa shape index (κ3) is 3.12. The molecular formula is C30H18Se2. The SMILES string of the molecule is c1ccc(-c2cc3cc4cc5cc6[se]c(-c7ccccc7)cc6cc5cc4cc3[se]2)cc1. The second kappa shape index (κ2) is 7.34. The van der Waals surface area contributed by atoms with Gasteiger partial charge in [-0.2, -0.15) is 0 Å². The van der Waals surface area contributed by atoms with Crippen LogP contribution in [-0.2, 0) is 0 Å². The van der Waals surface area contributed by atoms with Crippen molar-refractivity contribution in [3.63, 3.8) is 0 Å². The first-order valence-electron chi connectivity index (χ1n) is 10.8. The summed E-state index contributed by atoms with van der Waals surface area (Å²) < 4.78 is 5.96. The predicted molar refractivity (Wildman–Crippen MR) is 141 cm³/mol. The summed E-state index contributed by atoms with van der Waals surface area (Å²) in [6.07, 6.45) is 0. The van der Waals surface area contributed by atoms with Crippen molar-refractivity contribution < 1.29 is 0 Å². The number of hydrogen-bond donors (Lipinski definition) is 0. The van der Waals surface area contributed by atoms with Crippen molar-refractivity contribution in [1.29, 1.82) is 0 Å². The third-order valence-corrected chi connectivity index (χ3v) is 11.0. The van der Waals surface area contributed by atoms with Crippen LogP contribution < -0.4 is 0 Å². The molecule has 32 heavy (non-hydrogen) atoms. The van der Waals surface area contributed by atoms with Crippen LogP contribution >= 0.6 is 0 Å². The van der Waals surface area contributed by atoms with E-state index in [1.807, 2.05) is 0 Å². The summed E-state index contributed by atoms with van der Waals surface area (Å²) >= 11 is 0.737. The summed E-state index contributed by atoms with van der Waals surface area (Å²) in [5.74, 6) is 0. The van der Waals surface area contributed by atoms with Crippen LogP contribution in [-0.4, -0.2) is 29.0 Å². The molecule has 0 fully saturated rings. The van der Waals surface area contributed by atoms with E-state index in [0.29, 0.717) is 29.0 Å². The molecule has 2 heterocycles. The van der Waals surface area contributed by atoms with Gasteiger partial charge in [0.25, 0.3) is 0 Å². The molecular weight excluding hydrogens is 518 g/mol. The average molecular weight is 536 g/mol. The summed E-state index contributed by atoms with van der Waals surface area (Å²) in [5.41, 5.74) is 2.72. The van der Waals surface area contributed by atoms with Crippen molar-refractivity contribution in [3.8, 4) is 20.0 Å². The minimum absolute atomic E-state index is 0.369. The predicted octanol–water partition coefficient (Wildman–Crippen LogP) is 7.75. The van der Waals surface area contributed by atoms with Gasteiger partial charge in [-0.3, -0.25) is 0 Å². The van der Waals surface area contributed by atoms with Crippen LogP contribution in [0.3, 0.4) is 0 Å². The molecule has 2 heteroatoms. The van der Waals surface area contributed by atoms with Gasteiger partial charge in [0, 0.05) is 0 Å². The molecule has 0 saturated heterocycles. The molecule has 0 nitrogen and oxygen atoms in total. The Kier molecular flexibility index (Phi) is 4.29. The Labute approximate surface area is 198 Å². The zero-order chi connectivity index (χ0) is 21.1. The van der Waals surface area contributed by atoms with Crippen LogP contribution in [0.4, 0.5) is 0 Å². The average Bonchev–Trinajstić information content (AvgIpc) is 3.44. The summed E-state index contributed by atoms with van der Waals surface area (Å²) in [6.45, 7) is 0. The van der Waals surface area contributed by atoms with E-state index in [1.165, 1.54) is 60.8 Å². The molecule has 0 radical (unpaired) electrons. The second-order valence-corrected chi connectivity index (χ2v) is 12.8. The van der Waals surface area contributed by atoms with Gasteiger partial charge in [-0.05, 0) is 0 Å². The minimum atomic E-state index is 0.369. The van der Waals surface area contributed by atoms with Crippen molar-refractivity contribution >= 4 is 69.8 Å². The van der Waals surface area contributed by atoms with Crippen molar-refractivity contribution in [2.45, 2.75) is 0 Å². The standard InChI is InChI=1S/C30H18Se2/c1-3-7-19(8-4-1)27-17-25-13-21-11-24-16-30-26(14-22(24)12-23(21)15-29(25)31-27)18-28(32-30)20-9-5-2-6-10-20/h1-18H. The van der Waals surface area contributed by atoms with Crippen molar-refractivity contribution in [1.82, 2.24) is 0 Å². The van der Waals surface area contributed by atoms with Crippen LogP contribution in [0.15, 0.2) is 109 Å². The zero-order valence-electron chi connectivity index (χ0n) is 17.2. The van der Waals surface area contributed by atoms with Gasteiger partial charge in [0.15, 0.2) is 0 Å². The summed E-state index contributed by atoms with van der Waals surface area (Å²) in [6, 6.07) is 40.9. The van der Waals surface area contributed by atoms with Gasteiger partial charge in [-0.25, -0.2) is 0 Å². The van der Waals surface area contributed by atoms with E-state index in [9.17, 15) is 0 Å². The van der Waals surface area contributed by atoms with Crippen molar-refractivity contribution in [3.05, 3.63) is 109 Å². The van der Waals surface area contributed by atoms with Gasteiger partial charge in [-0.1, -0.05) is 0 Å². The maximum atomic E-state index is 2.43. The zero-order valence-corrected chi connectivity index (χ0v) is 20.6. The third-order valence-electron chi connectivity index (χ3n) is 6.18. The Bertz CT molecular complexity index is 1530. The molecule has 0 aliphatic rings. The molecule has 5 aromatic carbocycles. The van der Waals surface area contributed by atoms with Crippen molar-refractivity contribution in [2.24, 2.45) is 0 Å². The van der Waals surface area contributed by atoms with Crippen LogP contribution in [0.5, 0.6) is 0 Å². The molecule has 0 aliphatic carbocycles. The van der Waals surface area contributed by atoms with E-state index in [4.69, 9.17) is 0 Å². The van der Waals surface area contributed by atoms with E-state index >= 15 is 0 Å². The molecule has 0 N–H and O–H groups in total. The van der Waals surface area contributed by atoms with E-state index in [0.717, 1.165) is 0 Å². The van der Waals surface area contributed by atoms with Gasteiger partial charge >= 0.3 is 199 Å². The van der Waals surface area contributed by atoms with Gasteiger partial charge in [-0.15, -0.1) is 0 Å². The number of rotatable bonds is 2. The number of benzene rings is 5. The van der Waals surface area contributed by atoms with E-state index < -0.39 is 0 Å². The molecule has 7 rings (SSSR count). The Morgan fingerprint density at radius 2 is 0.719 bits per heavy atom. The Balaban J connectivity index is 1.40. The fourth-order valence-corrected chi connectivity index (χ4v) is 9.17. The molecule has 2 aromatic heterocycles. The van der Waals surface area contributed by atoms with Gasteiger partial charge in [0.05, 0.1) is 0 Å². The van der Waals surface area contributed by atoms with Crippen LogP contribution in [0, 0.1) is 0 Å². The summed E-state index contributed by atoms with van der Waals surface area (Å²) in [5, 5.41) is 8.20. The van der Waals surface area contributed by atoms with E-state index in [1.54, 1.807) is 0 Å². The quantitative estimate of drug-likeness (QED) is 0.157. The van der Waals surface area contributed by atoms with E-state index in [2.05, 4.69) is 109 Å². The van der Waals surface area contributed by atoms with Gasteiger partial charge in [0.2, 0.25) is 0 Å². The van der Waals surface area contributed by atoms with Crippen LogP contribution in [0.2, 0.25) is 0 Å². The summed E-state index contributed by atoms with van der Waals surface area (Å²) in [4.78, 5) is 0. The molecule has 0 aliphatic heterocycles. The second-order valence-electron chi connectivity index (χ2n) is 8.28. The fourth-order valence-electron chi connectivity index (χ4n) is 4.56. The molecule has 0 saturated carbocycles. The summed E-state index contributed by atoms with van der Waals surface area (Å²) in [7, 11) is 0. The Morgan fingerprint density at radius 3 is 1.16 bits per heavy atom. The molecule has 150 valence electrons. The van der Waals surface area contributed by atoms with E-state index in [-0.39, 0.29) is 0 Å². The molecule has 0 amide bonds. The Morgan fingerprint density at radius 1 is 0.344 bits per heavy atom. The van der Waals surface area contributed by atoms with Gasteiger partial charge < -0.3 is 0 Å². The van der Waals surface area contributed by atoms with Crippen LogP contribution in [0.1, 0.15) is 0 Å². The fraction of sp³-hybridized carbons (Fsp3) is 0. The Hall–Kier alpha value is -2.86. The maximum absolute atomic E-state index is 2.43. The molecule has 0 atom stereocenters. The first kappa shape index (κ1) is 18.7. The number of hydrogen-bond acceptors (Lipinski definition) is 0. The monoisotopic (exact) mass is 538 g/mol. The van der Waals surface area contributed by atoms with Gasteiger partial charge in [0.1, 0.15) is 0 Å². The number of fused-ring (bicyclic) bond motifs is 4. The van der Waals surface area contributed by atoms with Crippen molar-refractivity contribution in [2.75, 3.05) is 0 Å². The topological polar surface area (TPSA) is 0 Å². The normalized spacial score (nSPS) is 11.8. The molecule has 0 unspecified atom stereocenters. The first-order valence-corrected chi connectivity index (χ1v) is 14.2. The van der Waals surface area contributed by atoms with Crippen LogP contribution in [0.25, 0.3) is 60.8 Å². The first-order chi connectivity index (χ1) is 15.8.